The molecule has 5 heteroatoms. The number of benzene rings is 1. The van der Waals surface area contributed by atoms with Crippen LogP contribution >= 0.6 is 11.8 Å². The molecule has 1 heterocycles. The number of carbonyl (C=O) groups excluding carboxylic acids is 1. The van der Waals surface area contributed by atoms with Gasteiger partial charge in [0, 0.05) is 24.2 Å². The minimum absolute atomic E-state index is 0.0184. The second-order valence-corrected chi connectivity index (χ2v) is 5.79. The molecule has 116 valence electrons. The van der Waals surface area contributed by atoms with E-state index < -0.39 is 0 Å². The lowest BCUT2D eigenvalue weighted by atomic mass is 10.1. The highest BCUT2D eigenvalue weighted by Gasteiger charge is 2.06. The van der Waals surface area contributed by atoms with Crippen LogP contribution < -0.4 is 10.6 Å². The maximum atomic E-state index is 12.1. The summed E-state index contributed by atoms with van der Waals surface area (Å²) in [6.45, 7) is 3.73. The number of nitrogens with zero attached hydrogens (tertiary/aromatic N) is 1. The number of para-hydroxylation sites is 1. The molecule has 1 aromatic carbocycles. The number of hydrogen-bond donors (Lipinski definition) is 2. The number of rotatable bonds is 8. The van der Waals surface area contributed by atoms with Gasteiger partial charge in [-0.25, -0.2) is 0 Å². The monoisotopic (exact) mass is 315 g/mol. The summed E-state index contributed by atoms with van der Waals surface area (Å²) in [5, 5.41) is 6.26. The smallest absolute Gasteiger partial charge is 0.234 e. The van der Waals surface area contributed by atoms with E-state index in [1.807, 2.05) is 42.5 Å². The Hall–Kier alpha value is -1.85. The summed E-state index contributed by atoms with van der Waals surface area (Å²) in [5.74, 6) is 1.18. The number of anilines is 1. The van der Waals surface area contributed by atoms with Gasteiger partial charge in [-0.3, -0.25) is 9.78 Å². The lowest BCUT2D eigenvalue weighted by Crippen LogP contribution is -2.18. The van der Waals surface area contributed by atoms with Crippen molar-refractivity contribution in [2.75, 3.05) is 17.6 Å². The number of thioether (sulfide) groups is 1. The highest BCUT2D eigenvalue weighted by molar-refractivity contribution is 7.99. The van der Waals surface area contributed by atoms with Gasteiger partial charge in [-0.2, -0.15) is 0 Å². The molecule has 0 unspecified atom stereocenters. The summed E-state index contributed by atoms with van der Waals surface area (Å²) in [7, 11) is 0. The first-order valence-corrected chi connectivity index (χ1v) is 8.51. The standard InChI is InChI=1S/C17H21N3OS/c1-2-18-11-14-7-3-4-9-16(14)20-17(21)13-22-12-15-8-5-6-10-19-15/h3-10,18H,2,11-13H2,1H3,(H,20,21). The topological polar surface area (TPSA) is 54.0 Å². The minimum atomic E-state index is 0.0184. The predicted octanol–water partition coefficient (Wildman–Crippen LogP) is 3.06. The lowest BCUT2D eigenvalue weighted by molar-refractivity contribution is -0.113. The Morgan fingerprint density at radius 3 is 2.77 bits per heavy atom. The van der Waals surface area contributed by atoms with Gasteiger partial charge < -0.3 is 10.6 Å². The van der Waals surface area contributed by atoms with Gasteiger partial charge in [0.1, 0.15) is 0 Å². The van der Waals surface area contributed by atoms with E-state index in [1.165, 1.54) is 0 Å². The molecule has 0 saturated carbocycles. The van der Waals surface area contributed by atoms with Crippen LogP contribution in [0.2, 0.25) is 0 Å². The zero-order valence-electron chi connectivity index (χ0n) is 12.7. The Bertz CT molecular complexity index is 589. The number of carbonyl (C=O) groups is 1. The second-order valence-electron chi connectivity index (χ2n) is 4.80. The van der Waals surface area contributed by atoms with Gasteiger partial charge in [-0.15, -0.1) is 11.8 Å². The average molecular weight is 315 g/mol. The van der Waals surface area contributed by atoms with E-state index in [2.05, 4.69) is 22.5 Å². The molecule has 1 amide bonds. The average Bonchev–Trinajstić information content (AvgIpc) is 2.55. The first kappa shape index (κ1) is 16.5. The minimum Gasteiger partial charge on any atom is -0.325 e. The molecule has 4 nitrogen and oxygen atoms in total. The molecule has 2 rings (SSSR count). The fraction of sp³-hybridized carbons (Fsp3) is 0.294. The summed E-state index contributed by atoms with van der Waals surface area (Å²) in [6, 6.07) is 13.7. The van der Waals surface area contributed by atoms with E-state index in [0.717, 1.165) is 35.8 Å². The zero-order chi connectivity index (χ0) is 15.6. The van der Waals surface area contributed by atoms with Crippen molar-refractivity contribution in [1.29, 1.82) is 0 Å². The molecule has 0 atom stereocenters. The van der Waals surface area contributed by atoms with Crippen molar-refractivity contribution in [3.63, 3.8) is 0 Å². The normalized spacial score (nSPS) is 10.4. The maximum Gasteiger partial charge on any atom is 0.234 e. The Balaban J connectivity index is 1.81. The molecular weight excluding hydrogens is 294 g/mol. The van der Waals surface area contributed by atoms with Crippen LogP contribution in [-0.4, -0.2) is 23.2 Å². The molecule has 0 aliphatic rings. The molecule has 0 aliphatic heterocycles. The Morgan fingerprint density at radius 1 is 1.18 bits per heavy atom. The first-order valence-electron chi connectivity index (χ1n) is 7.35. The van der Waals surface area contributed by atoms with Gasteiger partial charge in [0.15, 0.2) is 0 Å². The summed E-state index contributed by atoms with van der Waals surface area (Å²) < 4.78 is 0. The van der Waals surface area contributed by atoms with E-state index in [1.54, 1.807) is 18.0 Å². The van der Waals surface area contributed by atoms with Crippen molar-refractivity contribution in [2.45, 2.75) is 19.2 Å². The summed E-state index contributed by atoms with van der Waals surface area (Å²) in [6.07, 6.45) is 1.77. The van der Waals surface area contributed by atoms with Crippen LogP contribution in [0, 0.1) is 0 Å². The Kier molecular flexibility index (Phi) is 6.93. The van der Waals surface area contributed by atoms with E-state index in [-0.39, 0.29) is 5.91 Å². The fourth-order valence-electron chi connectivity index (χ4n) is 1.97. The highest BCUT2D eigenvalue weighted by Crippen LogP contribution is 2.16. The number of pyridine rings is 1. The van der Waals surface area contributed by atoms with Crippen LogP contribution in [0.5, 0.6) is 0 Å². The fourth-order valence-corrected chi connectivity index (χ4v) is 2.71. The quantitative estimate of drug-likeness (QED) is 0.786. The third-order valence-electron chi connectivity index (χ3n) is 3.07. The van der Waals surface area contributed by atoms with Crippen molar-refractivity contribution in [2.24, 2.45) is 0 Å². The SMILES string of the molecule is CCNCc1ccccc1NC(=O)CSCc1ccccn1. The van der Waals surface area contributed by atoms with Gasteiger partial charge in [-0.05, 0) is 30.3 Å². The molecule has 22 heavy (non-hydrogen) atoms. The second kappa shape index (κ2) is 9.23. The van der Waals surface area contributed by atoms with E-state index >= 15 is 0 Å². The molecule has 0 fully saturated rings. The van der Waals surface area contributed by atoms with E-state index in [4.69, 9.17) is 0 Å². The molecule has 0 saturated heterocycles. The van der Waals surface area contributed by atoms with E-state index in [9.17, 15) is 4.79 Å². The van der Waals surface area contributed by atoms with Crippen LogP contribution in [0.1, 0.15) is 18.2 Å². The molecular formula is C17H21N3OS. The number of aromatic nitrogens is 1. The van der Waals surface area contributed by atoms with Crippen molar-refractivity contribution < 1.29 is 4.79 Å². The molecule has 0 bridgehead atoms. The third kappa shape index (κ3) is 5.50. The van der Waals surface area contributed by atoms with Crippen molar-refractivity contribution in [3.05, 3.63) is 59.9 Å². The Labute approximate surface area is 135 Å². The largest absolute Gasteiger partial charge is 0.325 e. The lowest BCUT2D eigenvalue weighted by Gasteiger charge is -2.11. The third-order valence-corrected chi connectivity index (χ3v) is 4.03. The van der Waals surface area contributed by atoms with Gasteiger partial charge in [0.2, 0.25) is 5.91 Å². The van der Waals surface area contributed by atoms with Crippen molar-refractivity contribution in [3.8, 4) is 0 Å². The highest BCUT2D eigenvalue weighted by atomic mass is 32.2. The maximum absolute atomic E-state index is 12.1. The van der Waals surface area contributed by atoms with Crippen LogP contribution in [-0.2, 0) is 17.1 Å². The molecule has 2 N–H and O–H groups in total. The summed E-state index contributed by atoms with van der Waals surface area (Å²) in [4.78, 5) is 16.3. The van der Waals surface area contributed by atoms with Gasteiger partial charge in [0.25, 0.3) is 0 Å². The van der Waals surface area contributed by atoms with Gasteiger partial charge >= 0.3 is 0 Å². The van der Waals surface area contributed by atoms with Crippen LogP contribution in [0.4, 0.5) is 5.69 Å². The predicted molar refractivity (Wildman–Crippen MR) is 92.9 cm³/mol. The number of amides is 1. The van der Waals surface area contributed by atoms with E-state index in [0.29, 0.717) is 5.75 Å². The van der Waals surface area contributed by atoms with Crippen molar-refractivity contribution in [1.82, 2.24) is 10.3 Å². The number of nitrogens with one attached hydrogen (secondary N) is 2. The molecule has 0 radical (unpaired) electrons. The molecule has 1 aromatic heterocycles. The first-order chi connectivity index (χ1) is 10.8. The Morgan fingerprint density at radius 2 is 2.00 bits per heavy atom. The zero-order valence-corrected chi connectivity index (χ0v) is 13.5. The number of hydrogen-bond acceptors (Lipinski definition) is 4. The van der Waals surface area contributed by atoms with Gasteiger partial charge in [0.05, 0.1) is 11.4 Å². The summed E-state index contributed by atoms with van der Waals surface area (Å²) in [5.41, 5.74) is 2.98. The van der Waals surface area contributed by atoms with Crippen LogP contribution in [0.25, 0.3) is 0 Å². The van der Waals surface area contributed by atoms with Gasteiger partial charge in [-0.1, -0.05) is 31.2 Å². The van der Waals surface area contributed by atoms with Crippen LogP contribution in [0.15, 0.2) is 48.7 Å². The van der Waals surface area contributed by atoms with Crippen molar-refractivity contribution >= 4 is 23.4 Å². The summed E-state index contributed by atoms with van der Waals surface area (Å²) >= 11 is 1.57. The molecule has 0 aliphatic carbocycles. The van der Waals surface area contributed by atoms with Crippen LogP contribution in [0.3, 0.4) is 0 Å². The molecule has 0 spiro atoms. The molecule has 2 aromatic rings.